The molecular weight excluding hydrogens is 404 g/mol. The first-order valence-corrected chi connectivity index (χ1v) is 9.96. The zero-order chi connectivity index (χ0) is 21.9. The maximum absolute atomic E-state index is 12.7. The van der Waals surface area contributed by atoms with Gasteiger partial charge < -0.3 is 20.7 Å². The monoisotopic (exact) mass is 426 g/mol. The number of carbonyl (C=O) groups excluding carboxylic acids is 1. The average Bonchev–Trinajstić information content (AvgIpc) is 3.06. The number of aromatic nitrogens is 1. The molecule has 0 atom stereocenters. The molecule has 0 aliphatic heterocycles. The molecule has 1 heterocycles. The van der Waals surface area contributed by atoms with Crippen molar-refractivity contribution in [1.29, 1.82) is 10.5 Å². The fourth-order valence-corrected chi connectivity index (χ4v) is 3.65. The highest BCUT2D eigenvalue weighted by molar-refractivity contribution is 7.07. The van der Waals surface area contributed by atoms with Crippen molar-refractivity contribution >= 4 is 40.4 Å². The van der Waals surface area contributed by atoms with Crippen LogP contribution in [-0.4, -0.2) is 37.3 Å². The molecule has 0 spiro atoms. The number of anilines is 2. The SMILES string of the molecule is CCn1c(=O)/c(=C\Nc2cccc(NCCOC)c2)s/c1=C(/C#N)C(=O)NCC#N. The van der Waals surface area contributed by atoms with Crippen LogP contribution in [0.1, 0.15) is 6.92 Å². The van der Waals surface area contributed by atoms with Crippen molar-refractivity contribution in [2.24, 2.45) is 0 Å². The smallest absolute Gasteiger partial charge is 0.270 e. The molecule has 0 bridgehead atoms. The highest BCUT2D eigenvalue weighted by Gasteiger charge is 2.14. The summed E-state index contributed by atoms with van der Waals surface area (Å²) in [7, 11) is 1.63. The molecular formula is C20H22N6O3S. The number of ether oxygens (including phenoxy) is 1. The Morgan fingerprint density at radius 2 is 2.10 bits per heavy atom. The lowest BCUT2D eigenvalue weighted by molar-refractivity contribution is -0.115. The first kappa shape index (κ1) is 22.7. The molecule has 0 aliphatic carbocycles. The van der Waals surface area contributed by atoms with Gasteiger partial charge in [0.1, 0.15) is 21.8 Å². The van der Waals surface area contributed by atoms with Gasteiger partial charge in [-0.2, -0.15) is 10.5 Å². The van der Waals surface area contributed by atoms with Crippen LogP contribution in [0.15, 0.2) is 29.1 Å². The largest absolute Gasteiger partial charge is 0.383 e. The van der Waals surface area contributed by atoms with Crippen molar-refractivity contribution in [3.05, 3.63) is 43.8 Å². The highest BCUT2D eigenvalue weighted by Crippen LogP contribution is 2.14. The number of thiazole rings is 1. The van der Waals surface area contributed by atoms with E-state index in [2.05, 4.69) is 16.0 Å². The molecule has 2 rings (SSSR count). The summed E-state index contributed by atoms with van der Waals surface area (Å²) in [6.45, 7) is 3.08. The van der Waals surface area contributed by atoms with Crippen molar-refractivity contribution in [2.75, 3.05) is 37.4 Å². The predicted molar refractivity (Wildman–Crippen MR) is 116 cm³/mol. The summed E-state index contributed by atoms with van der Waals surface area (Å²) in [6.07, 6.45) is 1.55. The standard InChI is InChI=1S/C20H22N6O3S/c1-3-26-19(28)17(30-20(26)16(12-22)18(27)24-8-7-21)13-25-15-6-4-5-14(11-15)23-9-10-29-2/h4-6,11,13,23,25H,3,8-10H2,1-2H3,(H,24,27)/b17-13+,20-16-. The van der Waals surface area contributed by atoms with Gasteiger partial charge in [-0.05, 0) is 25.1 Å². The van der Waals surface area contributed by atoms with E-state index in [9.17, 15) is 14.9 Å². The quantitative estimate of drug-likeness (QED) is 0.384. The van der Waals surface area contributed by atoms with Crippen LogP contribution in [0.25, 0.3) is 11.8 Å². The molecule has 1 aromatic heterocycles. The fraction of sp³-hybridized carbons (Fsp3) is 0.300. The summed E-state index contributed by atoms with van der Waals surface area (Å²) < 4.78 is 6.99. The number of nitrogens with one attached hydrogen (secondary N) is 3. The van der Waals surface area contributed by atoms with E-state index >= 15 is 0 Å². The number of hydrogen-bond donors (Lipinski definition) is 3. The molecule has 0 unspecified atom stereocenters. The summed E-state index contributed by atoms with van der Waals surface area (Å²) in [5.41, 5.74) is 1.17. The van der Waals surface area contributed by atoms with Gasteiger partial charge >= 0.3 is 0 Å². The van der Waals surface area contributed by atoms with E-state index < -0.39 is 5.91 Å². The minimum atomic E-state index is -0.683. The first-order chi connectivity index (χ1) is 14.5. The second-order valence-corrected chi connectivity index (χ2v) is 6.97. The van der Waals surface area contributed by atoms with E-state index in [1.165, 1.54) is 4.57 Å². The van der Waals surface area contributed by atoms with Crippen LogP contribution < -0.4 is 30.7 Å². The third kappa shape index (κ3) is 5.70. The Balaban J connectivity index is 2.39. The van der Waals surface area contributed by atoms with Crippen LogP contribution in [0.2, 0.25) is 0 Å². The molecule has 1 aromatic carbocycles. The minimum Gasteiger partial charge on any atom is -0.383 e. The number of methoxy groups -OCH3 is 1. The maximum Gasteiger partial charge on any atom is 0.270 e. The average molecular weight is 427 g/mol. The third-order valence-corrected chi connectivity index (χ3v) is 5.10. The van der Waals surface area contributed by atoms with Gasteiger partial charge in [-0.25, -0.2) is 0 Å². The number of nitriles is 2. The third-order valence-electron chi connectivity index (χ3n) is 3.97. The molecule has 1 amide bonds. The molecule has 0 radical (unpaired) electrons. The Morgan fingerprint density at radius 3 is 2.77 bits per heavy atom. The normalized spacial score (nSPS) is 11.9. The van der Waals surface area contributed by atoms with Crippen molar-refractivity contribution in [3.8, 4) is 12.1 Å². The van der Waals surface area contributed by atoms with Crippen LogP contribution in [0, 0.1) is 22.7 Å². The number of amides is 1. The Kier molecular flexibility index (Phi) is 8.63. The van der Waals surface area contributed by atoms with E-state index in [4.69, 9.17) is 10.00 Å². The number of carbonyl (C=O) groups is 1. The van der Waals surface area contributed by atoms with Gasteiger partial charge in [-0.3, -0.25) is 14.2 Å². The molecule has 9 nitrogen and oxygen atoms in total. The summed E-state index contributed by atoms with van der Waals surface area (Å²) in [4.78, 5) is 24.9. The molecule has 0 fully saturated rings. The summed E-state index contributed by atoms with van der Waals surface area (Å²) >= 11 is 1.04. The lowest BCUT2D eigenvalue weighted by Crippen LogP contribution is -2.34. The Bertz CT molecular complexity index is 1150. The van der Waals surface area contributed by atoms with Crippen molar-refractivity contribution in [1.82, 2.24) is 9.88 Å². The molecule has 0 aliphatic rings. The number of nitrogens with zero attached hydrogens (tertiary/aromatic N) is 3. The van der Waals surface area contributed by atoms with Crippen LogP contribution >= 0.6 is 11.3 Å². The van der Waals surface area contributed by atoms with Crippen LogP contribution in [-0.2, 0) is 16.1 Å². The predicted octanol–water partition coefficient (Wildman–Crippen LogP) is 0.152. The van der Waals surface area contributed by atoms with Crippen molar-refractivity contribution in [2.45, 2.75) is 13.5 Å². The molecule has 156 valence electrons. The van der Waals surface area contributed by atoms with E-state index in [1.807, 2.05) is 30.3 Å². The topological polar surface area (TPSA) is 132 Å². The highest BCUT2D eigenvalue weighted by atomic mass is 32.1. The van der Waals surface area contributed by atoms with E-state index in [0.717, 1.165) is 22.7 Å². The molecule has 3 N–H and O–H groups in total. The Hall–Kier alpha value is -3.60. The Labute approximate surface area is 177 Å². The van der Waals surface area contributed by atoms with Crippen molar-refractivity contribution < 1.29 is 9.53 Å². The van der Waals surface area contributed by atoms with E-state index in [1.54, 1.807) is 26.3 Å². The Morgan fingerprint density at radius 1 is 1.33 bits per heavy atom. The fourth-order valence-electron chi connectivity index (χ4n) is 2.56. The molecule has 30 heavy (non-hydrogen) atoms. The first-order valence-electron chi connectivity index (χ1n) is 9.14. The van der Waals surface area contributed by atoms with Gasteiger partial charge in [0.2, 0.25) is 0 Å². The zero-order valence-electron chi connectivity index (χ0n) is 16.7. The zero-order valence-corrected chi connectivity index (χ0v) is 17.5. The lowest BCUT2D eigenvalue weighted by Gasteiger charge is -2.07. The van der Waals surface area contributed by atoms with Crippen LogP contribution in [0.4, 0.5) is 11.4 Å². The molecule has 0 saturated carbocycles. The van der Waals surface area contributed by atoms with Gasteiger partial charge in [-0.15, -0.1) is 11.3 Å². The summed E-state index contributed by atoms with van der Waals surface area (Å²) in [6, 6.07) is 11.2. The van der Waals surface area contributed by atoms with Crippen LogP contribution in [0.5, 0.6) is 0 Å². The van der Waals surface area contributed by atoms with Gasteiger partial charge in [0.05, 0.1) is 12.7 Å². The van der Waals surface area contributed by atoms with E-state index in [-0.39, 0.29) is 22.3 Å². The summed E-state index contributed by atoms with van der Waals surface area (Å²) in [5.74, 6) is -0.683. The molecule has 2 aromatic rings. The van der Waals surface area contributed by atoms with Gasteiger partial charge in [0.15, 0.2) is 5.57 Å². The number of rotatable bonds is 9. The van der Waals surface area contributed by atoms with Gasteiger partial charge in [0, 0.05) is 37.8 Å². The second kappa shape index (κ2) is 11.4. The van der Waals surface area contributed by atoms with Crippen molar-refractivity contribution in [3.63, 3.8) is 0 Å². The number of benzene rings is 1. The van der Waals surface area contributed by atoms with Gasteiger partial charge in [-0.1, -0.05) is 6.07 Å². The van der Waals surface area contributed by atoms with Gasteiger partial charge in [0.25, 0.3) is 11.5 Å². The minimum absolute atomic E-state index is 0.196. The lowest BCUT2D eigenvalue weighted by atomic mass is 10.3. The maximum atomic E-state index is 12.7. The molecule has 10 heteroatoms. The number of hydrogen-bond acceptors (Lipinski definition) is 8. The molecule has 0 saturated heterocycles. The summed E-state index contributed by atoms with van der Waals surface area (Å²) in [5, 5.41) is 26.7. The van der Waals surface area contributed by atoms with Crippen LogP contribution in [0.3, 0.4) is 0 Å². The second-order valence-electron chi connectivity index (χ2n) is 5.94. The van der Waals surface area contributed by atoms with E-state index in [0.29, 0.717) is 24.2 Å².